The molecule has 13 heavy (non-hydrogen) atoms. The number of hydrogen-bond donors (Lipinski definition) is 0. The summed E-state index contributed by atoms with van der Waals surface area (Å²) in [5.41, 5.74) is 0. The lowest BCUT2D eigenvalue weighted by molar-refractivity contribution is 0.491. The molecule has 0 heterocycles. The van der Waals surface area contributed by atoms with Crippen LogP contribution in [0.4, 0.5) is 0 Å². The van der Waals surface area contributed by atoms with Crippen LogP contribution in [0.15, 0.2) is 18.2 Å². The Bertz CT molecular complexity index is 416. The molecule has 0 N–H and O–H groups in total. The molecule has 0 aliphatic carbocycles. The zero-order chi connectivity index (χ0) is 10.1. The molecule has 1 aromatic carbocycles. The van der Waals surface area contributed by atoms with Crippen LogP contribution in [0.2, 0.25) is 5.02 Å². The molecule has 0 aliphatic heterocycles. The Labute approximate surface area is 95.3 Å². The molecule has 0 bridgehead atoms. The molecule has 0 aliphatic rings. The fraction of sp³-hybridized carbons (Fsp3) is 0.143. The van der Waals surface area contributed by atoms with Crippen molar-refractivity contribution >= 4 is 44.3 Å². The second-order valence-electron chi connectivity index (χ2n) is 2.36. The van der Waals surface area contributed by atoms with Crippen molar-refractivity contribution in [2.75, 3.05) is 6.26 Å². The first-order valence-electron chi connectivity index (χ1n) is 3.23. The molecule has 0 spiro atoms. The summed E-state index contributed by atoms with van der Waals surface area (Å²) in [6.45, 7) is 0. The lowest BCUT2D eigenvalue weighted by Crippen LogP contribution is -2.06. The minimum Gasteiger partial charge on any atom is -0.381 e. The Kier molecular flexibility index (Phi) is 3.42. The topological polar surface area (TPSA) is 43.4 Å². The van der Waals surface area contributed by atoms with Crippen LogP contribution in [0.25, 0.3) is 0 Å². The monoisotopic (exact) mass is 332 g/mol. The number of benzene rings is 1. The van der Waals surface area contributed by atoms with Crippen LogP contribution in [-0.2, 0) is 10.1 Å². The van der Waals surface area contributed by atoms with Gasteiger partial charge in [0.25, 0.3) is 0 Å². The van der Waals surface area contributed by atoms with Crippen molar-refractivity contribution in [3.05, 3.63) is 26.8 Å². The van der Waals surface area contributed by atoms with Gasteiger partial charge in [-0.2, -0.15) is 8.42 Å². The molecule has 0 atom stereocenters. The maximum absolute atomic E-state index is 10.8. The van der Waals surface area contributed by atoms with Gasteiger partial charge in [-0.1, -0.05) is 11.6 Å². The molecule has 0 fully saturated rings. The van der Waals surface area contributed by atoms with Crippen LogP contribution >= 0.6 is 34.2 Å². The van der Waals surface area contributed by atoms with Gasteiger partial charge >= 0.3 is 10.1 Å². The van der Waals surface area contributed by atoms with Crippen molar-refractivity contribution in [2.24, 2.45) is 0 Å². The highest BCUT2D eigenvalue weighted by Crippen LogP contribution is 2.25. The summed E-state index contributed by atoms with van der Waals surface area (Å²) in [5.74, 6) is 0.299. The van der Waals surface area contributed by atoms with Gasteiger partial charge in [-0.25, -0.2) is 0 Å². The smallest absolute Gasteiger partial charge is 0.306 e. The molecule has 72 valence electrons. The molecule has 6 heteroatoms. The molecule has 1 rings (SSSR count). The van der Waals surface area contributed by atoms with E-state index >= 15 is 0 Å². The first kappa shape index (κ1) is 11.1. The fourth-order valence-electron chi connectivity index (χ4n) is 0.706. The van der Waals surface area contributed by atoms with E-state index in [-0.39, 0.29) is 0 Å². The van der Waals surface area contributed by atoms with Crippen molar-refractivity contribution in [2.45, 2.75) is 0 Å². The molecule has 0 saturated carbocycles. The van der Waals surface area contributed by atoms with Crippen LogP contribution < -0.4 is 4.18 Å². The molecule has 0 saturated heterocycles. The highest BCUT2D eigenvalue weighted by Gasteiger charge is 2.07. The van der Waals surface area contributed by atoms with Crippen molar-refractivity contribution < 1.29 is 12.6 Å². The van der Waals surface area contributed by atoms with E-state index in [0.717, 1.165) is 6.26 Å². The number of hydrogen-bond acceptors (Lipinski definition) is 3. The van der Waals surface area contributed by atoms with E-state index in [9.17, 15) is 8.42 Å². The van der Waals surface area contributed by atoms with E-state index in [1.165, 1.54) is 6.07 Å². The maximum Gasteiger partial charge on any atom is 0.306 e. The van der Waals surface area contributed by atoms with E-state index in [1.54, 1.807) is 12.1 Å². The molecule has 0 radical (unpaired) electrons. The minimum atomic E-state index is -3.46. The zero-order valence-electron chi connectivity index (χ0n) is 6.62. The Morgan fingerprint density at radius 2 is 2.08 bits per heavy atom. The fourth-order valence-corrected chi connectivity index (χ4v) is 2.31. The average molecular weight is 333 g/mol. The first-order valence-corrected chi connectivity index (χ1v) is 6.50. The second-order valence-corrected chi connectivity index (χ2v) is 5.54. The molecular formula is C7H6ClIO3S. The maximum atomic E-state index is 10.8. The Morgan fingerprint density at radius 3 is 2.54 bits per heavy atom. The van der Waals surface area contributed by atoms with Gasteiger partial charge in [0.15, 0.2) is 5.75 Å². The third-order valence-electron chi connectivity index (χ3n) is 1.14. The van der Waals surface area contributed by atoms with Gasteiger partial charge in [0.1, 0.15) is 0 Å². The van der Waals surface area contributed by atoms with Gasteiger partial charge in [0.05, 0.1) is 9.83 Å². The van der Waals surface area contributed by atoms with Gasteiger partial charge in [-0.05, 0) is 40.8 Å². The van der Waals surface area contributed by atoms with Crippen LogP contribution in [0.5, 0.6) is 5.75 Å². The van der Waals surface area contributed by atoms with E-state index < -0.39 is 10.1 Å². The average Bonchev–Trinajstić information content (AvgIpc) is 1.93. The second kappa shape index (κ2) is 4.02. The Balaban J connectivity index is 3.04. The summed E-state index contributed by atoms with van der Waals surface area (Å²) < 4.78 is 26.9. The number of rotatable bonds is 2. The summed E-state index contributed by atoms with van der Waals surface area (Å²) in [7, 11) is -3.46. The summed E-state index contributed by atoms with van der Waals surface area (Å²) in [4.78, 5) is 0. The van der Waals surface area contributed by atoms with Gasteiger partial charge < -0.3 is 4.18 Å². The first-order chi connectivity index (χ1) is 5.88. The van der Waals surface area contributed by atoms with Crippen molar-refractivity contribution in [3.8, 4) is 5.75 Å². The zero-order valence-corrected chi connectivity index (χ0v) is 10.4. The summed E-state index contributed by atoms with van der Waals surface area (Å²) in [6.07, 6.45) is 0.998. The van der Waals surface area contributed by atoms with Crippen molar-refractivity contribution in [1.29, 1.82) is 0 Å². The standard InChI is InChI=1S/C7H6ClIO3S/c1-13(10,11)12-7-3-2-5(8)4-6(7)9/h2-4H,1H3. The van der Waals surface area contributed by atoms with Crippen LogP contribution in [-0.4, -0.2) is 14.7 Å². The minimum absolute atomic E-state index is 0.299. The van der Waals surface area contributed by atoms with Crippen molar-refractivity contribution in [1.82, 2.24) is 0 Å². The largest absolute Gasteiger partial charge is 0.381 e. The third kappa shape index (κ3) is 3.70. The van der Waals surface area contributed by atoms with Crippen molar-refractivity contribution in [3.63, 3.8) is 0 Å². The quantitative estimate of drug-likeness (QED) is 0.616. The highest BCUT2D eigenvalue weighted by molar-refractivity contribution is 14.1. The SMILES string of the molecule is CS(=O)(=O)Oc1ccc(Cl)cc1I. The molecular weight excluding hydrogens is 326 g/mol. The molecule has 3 nitrogen and oxygen atoms in total. The molecule has 0 amide bonds. The van der Waals surface area contributed by atoms with E-state index in [4.69, 9.17) is 15.8 Å². The normalized spacial score (nSPS) is 11.3. The molecule has 0 aromatic heterocycles. The Hall–Kier alpha value is -0.0100. The van der Waals surface area contributed by atoms with Gasteiger partial charge in [0.2, 0.25) is 0 Å². The van der Waals surface area contributed by atoms with E-state index in [2.05, 4.69) is 0 Å². The lowest BCUT2D eigenvalue weighted by Gasteiger charge is -2.04. The lowest BCUT2D eigenvalue weighted by atomic mass is 10.3. The van der Waals surface area contributed by atoms with Crippen LogP contribution in [0, 0.1) is 3.57 Å². The predicted molar refractivity (Wildman–Crippen MR) is 59.6 cm³/mol. The third-order valence-corrected chi connectivity index (χ3v) is 2.70. The highest BCUT2D eigenvalue weighted by atomic mass is 127. The number of halogens is 2. The summed E-state index contributed by atoms with van der Waals surface area (Å²) in [5, 5.41) is 0.547. The van der Waals surface area contributed by atoms with Crippen LogP contribution in [0.3, 0.4) is 0 Å². The van der Waals surface area contributed by atoms with E-state index in [1.807, 2.05) is 22.6 Å². The molecule has 1 aromatic rings. The van der Waals surface area contributed by atoms with Gasteiger partial charge in [-0.3, -0.25) is 0 Å². The summed E-state index contributed by atoms with van der Waals surface area (Å²) in [6, 6.07) is 4.72. The molecule has 0 unspecified atom stereocenters. The Morgan fingerprint density at radius 1 is 1.46 bits per heavy atom. The van der Waals surface area contributed by atoms with Gasteiger partial charge in [0, 0.05) is 5.02 Å². The van der Waals surface area contributed by atoms with Gasteiger partial charge in [-0.15, -0.1) is 0 Å². The van der Waals surface area contributed by atoms with Crippen LogP contribution in [0.1, 0.15) is 0 Å². The predicted octanol–water partition coefficient (Wildman–Crippen LogP) is 2.28. The summed E-state index contributed by atoms with van der Waals surface area (Å²) >= 11 is 7.63. The van der Waals surface area contributed by atoms with E-state index in [0.29, 0.717) is 14.3 Å².